The zero-order chi connectivity index (χ0) is 21.1. The molecule has 0 bridgehead atoms. The van der Waals surface area contributed by atoms with Crippen LogP contribution in [-0.2, 0) is 11.3 Å². The van der Waals surface area contributed by atoms with Gasteiger partial charge in [-0.05, 0) is 36.8 Å². The number of benzene rings is 1. The van der Waals surface area contributed by atoms with Crippen molar-refractivity contribution in [2.75, 3.05) is 32.8 Å². The van der Waals surface area contributed by atoms with E-state index in [4.69, 9.17) is 9.47 Å². The molecule has 0 spiro atoms. The number of aromatic nitrogens is 1. The second-order valence-electron chi connectivity index (χ2n) is 7.13. The summed E-state index contributed by atoms with van der Waals surface area (Å²) in [6.45, 7) is 4.90. The number of hydrogen-bond acceptors (Lipinski definition) is 7. The number of phenolic OH excluding ortho intramolecular Hbond substituents is 1. The van der Waals surface area contributed by atoms with Crippen LogP contribution in [0.4, 0.5) is 4.79 Å². The number of rotatable bonds is 4. The fourth-order valence-electron chi connectivity index (χ4n) is 3.59. The lowest BCUT2D eigenvalue weighted by molar-refractivity contribution is 0.0774. The van der Waals surface area contributed by atoms with E-state index in [9.17, 15) is 14.7 Å². The Kier molecular flexibility index (Phi) is 5.67. The molecule has 0 radical (unpaired) electrons. The molecule has 2 aliphatic rings. The van der Waals surface area contributed by atoms with E-state index < -0.39 is 0 Å². The number of pyridine rings is 1. The Labute approximate surface area is 174 Å². The summed E-state index contributed by atoms with van der Waals surface area (Å²) in [6, 6.07) is 6.73. The zero-order valence-corrected chi connectivity index (χ0v) is 16.7. The van der Waals surface area contributed by atoms with Crippen LogP contribution >= 0.6 is 0 Å². The molecule has 8 nitrogen and oxygen atoms in total. The number of carbonyl (C=O) groups is 2. The third-order valence-corrected chi connectivity index (χ3v) is 5.18. The van der Waals surface area contributed by atoms with Gasteiger partial charge in [0, 0.05) is 45.1 Å². The second-order valence-corrected chi connectivity index (χ2v) is 7.13. The van der Waals surface area contributed by atoms with Gasteiger partial charge in [-0.2, -0.15) is 0 Å². The van der Waals surface area contributed by atoms with Crippen molar-refractivity contribution in [1.82, 2.24) is 14.8 Å². The topological polar surface area (TPSA) is 92.2 Å². The highest BCUT2D eigenvalue weighted by Gasteiger charge is 2.32. The number of Topliss-reactive ketones (excluding diaryl/α,β-unsaturated/α-hetero) is 1. The van der Waals surface area contributed by atoms with Crippen molar-refractivity contribution in [1.29, 1.82) is 0 Å². The van der Waals surface area contributed by atoms with E-state index in [0.717, 1.165) is 5.56 Å². The summed E-state index contributed by atoms with van der Waals surface area (Å²) in [6.07, 6.45) is 4.65. The highest BCUT2D eigenvalue weighted by Crippen LogP contribution is 2.40. The minimum Gasteiger partial charge on any atom is -0.507 e. The van der Waals surface area contributed by atoms with E-state index >= 15 is 0 Å². The van der Waals surface area contributed by atoms with Gasteiger partial charge in [0.2, 0.25) is 5.78 Å². The first-order valence-corrected chi connectivity index (χ1v) is 9.90. The maximum absolute atomic E-state index is 12.8. The summed E-state index contributed by atoms with van der Waals surface area (Å²) in [7, 11) is 0. The summed E-state index contributed by atoms with van der Waals surface area (Å²) < 4.78 is 10.9. The average Bonchev–Trinajstić information content (AvgIpc) is 3.07. The van der Waals surface area contributed by atoms with Crippen LogP contribution in [0.3, 0.4) is 0 Å². The molecule has 2 aromatic rings. The Morgan fingerprint density at radius 1 is 1.27 bits per heavy atom. The number of fused-ring (bicyclic) bond motifs is 1. The van der Waals surface area contributed by atoms with Crippen LogP contribution in [-0.4, -0.2) is 64.6 Å². The standard InChI is InChI=1S/C22H23N3O5/c1-2-29-22(28)25-10-8-24(9-11-25)14-17-18(26)6-5-16-20(27)19(30-21(16)17)12-15-4-3-7-23-13-15/h3-7,12-13,26H,2,8-11,14H2,1H3/b19-12-. The summed E-state index contributed by atoms with van der Waals surface area (Å²) in [5.41, 5.74) is 1.76. The van der Waals surface area contributed by atoms with Gasteiger partial charge in [-0.25, -0.2) is 4.79 Å². The number of phenols is 1. The van der Waals surface area contributed by atoms with E-state index in [1.54, 1.807) is 42.4 Å². The van der Waals surface area contributed by atoms with E-state index in [0.29, 0.717) is 56.2 Å². The predicted octanol–water partition coefficient (Wildman–Crippen LogP) is 2.68. The van der Waals surface area contributed by atoms with Crippen LogP contribution in [0.25, 0.3) is 6.08 Å². The molecule has 3 heterocycles. The minimum absolute atomic E-state index is 0.0806. The first-order chi connectivity index (χ1) is 14.6. The number of piperazine rings is 1. The predicted molar refractivity (Wildman–Crippen MR) is 109 cm³/mol. The SMILES string of the molecule is CCOC(=O)N1CCN(Cc2c(O)ccc3c2O/C(=C\c2cccnc2)C3=O)CC1. The van der Waals surface area contributed by atoms with Gasteiger partial charge >= 0.3 is 6.09 Å². The van der Waals surface area contributed by atoms with Crippen LogP contribution in [0.15, 0.2) is 42.4 Å². The van der Waals surface area contributed by atoms with Crippen molar-refractivity contribution < 1.29 is 24.2 Å². The number of hydrogen-bond donors (Lipinski definition) is 1. The Bertz CT molecular complexity index is 982. The monoisotopic (exact) mass is 409 g/mol. The maximum atomic E-state index is 12.8. The summed E-state index contributed by atoms with van der Waals surface area (Å²) >= 11 is 0. The highest BCUT2D eigenvalue weighted by atomic mass is 16.6. The van der Waals surface area contributed by atoms with E-state index in [1.807, 2.05) is 6.07 Å². The van der Waals surface area contributed by atoms with Gasteiger partial charge in [-0.15, -0.1) is 0 Å². The van der Waals surface area contributed by atoms with Crippen molar-refractivity contribution in [2.24, 2.45) is 0 Å². The summed E-state index contributed by atoms with van der Waals surface area (Å²) in [4.78, 5) is 32.5. The van der Waals surface area contributed by atoms with Gasteiger partial charge < -0.3 is 19.5 Å². The molecule has 30 heavy (non-hydrogen) atoms. The Balaban J connectivity index is 1.50. The molecule has 0 aliphatic carbocycles. The molecule has 1 aromatic carbocycles. The van der Waals surface area contributed by atoms with Crippen molar-refractivity contribution in [3.8, 4) is 11.5 Å². The zero-order valence-electron chi connectivity index (χ0n) is 16.7. The van der Waals surface area contributed by atoms with Gasteiger partial charge in [-0.1, -0.05) is 6.07 Å². The number of ether oxygens (including phenoxy) is 2. The Morgan fingerprint density at radius 2 is 2.07 bits per heavy atom. The summed E-state index contributed by atoms with van der Waals surface area (Å²) in [5, 5.41) is 10.4. The lowest BCUT2D eigenvalue weighted by Crippen LogP contribution is -2.48. The van der Waals surface area contributed by atoms with Gasteiger partial charge in [-0.3, -0.25) is 14.7 Å². The quantitative estimate of drug-likeness (QED) is 0.776. The van der Waals surface area contributed by atoms with E-state index in [1.165, 1.54) is 6.07 Å². The molecule has 2 aliphatic heterocycles. The molecule has 1 saturated heterocycles. The fourth-order valence-corrected chi connectivity index (χ4v) is 3.59. The van der Waals surface area contributed by atoms with Crippen LogP contribution in [0, 0.1) is 0 Å². The molecule has 1 fully saturated rings. The molecular formula is C22H23N3O5. The van der Waals surface area contributed by atoms with Gasteiger partial charge in [0.15, 0.2) is 5.76 Å². The lowest BCUT2D eigenvalue weighted by atomic mass is 10.0. The molecule has 0 atom stereocenters. The number of aromatic hydroxyl groups is 1. The first kappa shape index (κ1) is 19.9. The fraction of sp³-hybridized carbons (Fsp3) is 0.318. The number of allylic oxidation sites excluding steroid dienone is 1. The van der Waals surface area contributed by atoms with Gasteiger partial charge in [0.1, 0.15) is 11.5 Å². The van der Waals surface area contributed by atoms with Gasteiger partial charge in [0.25, 0.3) is 0 Å². The Morgan fingerprint density at radius 3 is 2.77 bits per heavy atom. The molecular weight excluding hydrogens is 386 g/mol. The third kappa shape index (κ3) is 3.99. The summed E-state index contributed by atoms with van der Waals surface area (Å²) in [5.74, 6) is 0.458. The van der Waals surface area contributed by atoms with Crippen molar-refractivity contribution in [2.45, 2.75) is 13.5 Å². The lowest BCUT2D eigenvalue weighted by Gasteiger charge is -2.34. The normalized spacial score (nSPS) is 17.7. The number of ketones is 1. The maximum Gasteiger partial charge on any atom is 0.409 e. The van der Waals surface area contributed by atoms with Crippen molar-refractivity contribution >= 4 is 18.0 Å². The van der Waals surface area contributed by atoms with Crippen molar-refractivity contribution in [3.05, 3.63) is 59.1 Å². The number of amides is 1. The molecule has 156 valence electrons. The molecule has 0 saturated carbocycles. The molecule has 1 aromatic heterocycles. The largest absolute Gasteiger partial charge is 0.507 e. The van der Waals surface area contributed by atoms with E-state index in [-0.39, 0.29) is 23.4 Å². The molecule has 0 unspecified atom stereocenters. The second kappa shape index (κ2) is 8.54. The molecule has 4 rings (SSSR count). The molecule has 1 amide bonds. The van der Waals surface area contributed by atoms with E-state index in [2.05, 4.69) is 9.88 Å². The number of nitrogens with zero attached hydrogens (tertiary/aromatic N) is 3. The third-order valence-electron chi connectivity index (χ3n) is 5.18. The molecule has 8 heteroatoms. The minimum atomic E-state index is -0.306. The number of carbonyl (C=O) groups excluding carboxylic acids is 2. The van der Waals surface area contributed by atoms with Crippen LogP contribution in [0.1, 0.15) is 28.4 Å². The first-order valence-electron chi connectivity index (χ1n) is 9.90. The van der Waals surface area contributed by atoms with Crippen LogP contribution in [0.2, 0.25) is 0 Å². The average molecular weight is 409 g/mol. The Hall–Kier alpha value is -3.39. The van der Waals surface area contributed by atoms with Gasteiger partial charge in [0.05, 0.1) is 17.7 Å². The molecule has 1 N–H and O–H groups in total. The van der Waals surface area contributed by atoms with Crippen LogP contribution < -0.4 is 4.74 Å². The highest BCUT2D eigenvalue weighted by molar-refractivity contribution is 6.14. The van der Waals surface area contributed by atoms with Crippen molar-refractivity contribution in [3.63, 3.8) is 0 Å². The van der Waals surface area contributed by atoms with Crippen LogP contribution in [0.5, 0.6) is 11.5 Å². The smallest absolute Gasteiger partial charge is 0.409 e.